The largest absolute Gasteiger partial charge is 0.354 e. The molecule has 0 saturated heterocycles. The quantitative estimate of drug-likeness (QED) is 0.679. The normalized spacial score (nSPS) is 16.8. The van der Waals surface area contributed by atoms with Crippen molar-refractivity contribution in [3.63, 3.8) is 0 Å². The van der Waals surface area contributed by atoms with Crippen LogP contribution in [-0.2, 0) is 14.4 Å². The lowest BCUT2D eigenvalue weighted by Gasteiger charge is -2.15. The standard InChI is InChI=1S/C11H16N2O3/c1-3-8(2)12-9(14)6-7-13-10(15)4-5-11(13)16/h4-5,8H,3,6-7H2,1-2H3,(H,12,14). The third-order valence-electron chi connectivity index (χ3n) is 2.48. The van der Waals surface area contributed by atoms with Crippen LogP contribution in [0.1, 0.15) is 26.7 Å². The SMILES string of the molecule is CCC(C)NC(=O)CCN1C(=O)C=CC1=O. The van der Waals surface area contributed by atoms with Crippen molar-refractivity contribution in [1.29, 1.82) is 0 Å². The average Bonchev–Trinajstić information content (AvgIpc) is 2.56. The average molecular weight is 224 g/mol. The molecule has 16 heavy (non-hydrogen) atoms. The van der Waals surface area contributed by atoms with Crippen molar-refractivity contribution >= 4 is 17.7 Å². The summed E-state index contributed by atoms with van der Waals surface area (Å²) in [7, 11) is 0. The molecule has 0 aliphatic carbocycles. The Balaban J connectivity index is 2.32. The number of rotatable bonds is 5. The van der Waals surface area contributed by atoms with Gasteiger partial charge >= 0.3 is 0 Å². The monoisotopic (exact) mass is 224 g/mol. The zero-order valence-corrected chi connectivity index (χ0v) is 9.53. The molecule has 0 saturated carbocycles. The molecule has 1 atom stereocenters. The fourth-order valence-electron chi connectivity index (χ4n) is 1.31. The molecule has 0 spiro atoms. The Hall–Kier alpha value is -1.65. The van der Waals surface area contributed by atoms with Crippen LogP contribution in [0.15, 0.2) is 12.2 Å². The van der Waals surface area contributed by atoms with E-state index in [0.29, 0.717) is 0 Å². The van der Waals surface area contributed by atoms with Crippen LogP contribution in [-0.4, -0.2) is 35.2 Å². The van der Waals surface area contributed by atoms with Gasteiger partial charge in [0.1, 0.15) is 0 Å². The first-order valence-corrected chi connectivity index (χ1v) is 5.37. The highest BCUT2D eigenvalue weighted by molar-refractivity contribution is 6.13. The van der Waals surface area contributed by atoms with E-state index in [4.69, 9.17) is 0 Å². The van der Waals surface area contributed by atoms with Crippen LogP contribution < -0.4 is 5.32 Å². The summed E-state index contributed by atoms with van der Waals surface area (Å²) in [6.07, 6.45) is 3.45. The molecule has 1 N–H and O–H groups in total. The maximum Gasteiger partial charge on any atom is 0.253 e. The highest BCUT2D eigenvalue weighted by Gasteiger charge is 2.23. The van der Waals surface area contributed by atoms with Gasteiger partial charge < -0.3 is 5.32 Å². The van der Waals surface area contributed by atoms with Gasteiger partial charge in [0, 0.05) is 31.2 Å². The molecule has 3 amide bonds. The van der Waals surface area contributed by atoms with E-state index in [1.165, 1.54) is 12.2 Å². The van der Waals surface area contributed by atoms with Gasteiger partial charge in [-0.3, -0.25) is 19.3 Å². The Morgan fingerprint density at radius 3 is 2.44 bits per heavy atom. The number of amides is 3. The molecule has 1 rings (SSSR count). The fraction of sp³-hybridized carbons (Fsp3) is 0.545. The molecule has 5 nitrogen and oxygen atoms in total. The van der Waals surface area contributed by atoms with E-state index in [-0.39, 0.29) is 36.7 Å². The molecule has 0 aromatic carbocycles. The molecular formula is C11H16N2O3. The van der Waals surface area contributed by atoms with Crippen molar-refractivity contribution in [3.8, 4) is 0 Å². The number of nitrogens with one attached hydrogen (secondary N) is 1. The summed E-state index contributed by atoms with van der Waals surface area (Å²) < 4.78 is 0. The van der Waals surface area contributed by atoms with Gasteiger partial charge in [0.2, 0.25) is 5.91 Å². The van der Waals surface area contributed by atoms with Crippen molar-refractivity contribution in [2.75, 3.05) is 6.54 Å². The van der Waals surface area contributed by atoms with Gasteiger partial charge in [0.15, 0.2) is 0 Å². The number of nitrogens with zero attached hydrogens (tertiary/aromatic N) is 1. The van der Waals surface area contributed by atoms with Gasteiger partial charge in [0.05, 0.1) is 0 Å². The van der Waals surface area contributed by atoms with Gasteiger partial charge in [-0.1, -0.05) is 6.92 Å². The first-order valence-electron chi connectivity index (χ1n) is 5.37. The molecular weight excluding hydrogens is 208 g/mol. The van der Waals surface area contributed by atoms with Gasteiger partial charge in [-0.25, -0.2) is 0 Å². The van der Waals surface area contributed by atoms with Crippen molar-refractivity contribution in [2.24, 2.45) is 0 Å². The molecule has 1 unspecified atom stereocenters. The van der Waals surface area contributed by atoms with Crippen LogP contribution in [0.25, 0.3) is 0 Å². The Morgan fingerprint density at radius 2 is 1.94 bits per heavy atom. The Kier molecular flexibility index (Phi) is 4.22. The summed E-state index contributed by atoms with van der Waals surface area (Å²) in [6, 6.07) is 0.121. The lowest BCUT2D eigenvalue weighted by atomic mass is 10.2. The first kappa shape index (κ1) is 12.4. The van der Waals surface area contributed by atoms with E-state index in [0.717, 1.165) is 11.3 Å². The Bertz CT molecular complexity index is 318. The van der Waals surface area contributed by atoms with Crippen LogP contribution in [0.2, 0.25) is 0 Å². The molecule has 0 aromatic rings. The zero-order chi connectivity index (χ0) is 12.1. The van der Waals surface area contributed by atoms with Crippen LogP contribution in [0, 0.1) is 0 Å². The second-order valence-corrected chi connectivity index (χ2v) is 3.79. The molecule has 0 bridgehead atoms. The number of hydrogen-bond donors (Lipinski definition) is 1. The molecule has 0 aromatic heterocycles. The Morgan fingerprint density at radius 1 is 1.38 bits per heavy atom. The van der Waals surface area contributed by atoms with Crippen molar-refractivity contribution in [2.45, 2.75) is 32.7 Å². The van der Waals surface area contributed by atoms with Gasteiger partial charge in [-0.05, 0) is 13.3 Å². The predicted octanol–water partition coefficient (Wildman–Crippen LogP) is 0.216. The summed E-state index contributed by atoms with van der Waals surface area (Å²) in [5, 5.41) is 2.77. The Labute approximate surface area is 94.5 Å². The number of imide groups is 1. The van der Waals surface area contributed by atoms with Crippen LogP contribution >= 0.6 is 0 Å². The maximum atomic E-state index is 11.4. The molecule has 88 valence electrons. The highest BCUT2D eigenvalue weighted by Crippen LogP contribution is 2.04. The number of carbonyl (C=O) groups is 3. The van der Waals surface area contributed by atoms with E-state index >= 15 is 0 Å². The lowest BCUT2D eigenvalue weighted by Crippen LogP contribution is -2.37. The topological polar surface area (TPSA) is 66.5 Å². The molecule has 5 heteroatoms. The minimum atomic E-state index is -0.346. The molecule has 1 heterocycles. The van der Waals surface area contributed by atoms with Crippen molar-refractivity contribution in [1.82, 2.24) is 10.2 Å². The smallest absolute Gasteiger partial charge is 0.253 e. The number of carbonyl (C=O) groups excluding carboxylic acids is 3. The van der Waals surface area contributed by atoms with Gasteiger partial charge in [-0.2, -0.15) is 0 Å². The van der Waals surface area contributed by atoms with E-state index in [1.807, 2.05) is 13.8 Å². The van der Waals surface area contributed by atoms with Crippen molar-refractivity contribution < 1.29 is 14.4 Å². The summed E-state index contributed by atoms with van der Waals surface area (Å²) in [5.41, 5.74) is 0. The minimum Gasteiger partial charge on any atom is -0.354 e. The molecule has 0 fully saturated rings. The van der Waals surface area contributed by atoms with E-state index in [1.54, 1.807) is 0 Å². The third-order valence-corrected chi connectivity index (χ3v) is 2.48. The minimum absolute atomic E-state index is 0.121. The maximum absolute atomic E-state index is 11.4. The second kappa shape index (κ2) is 5.44. The summed E-state index contributed by atoms with van der Waals surface area (Å²) in [4.78, 5) is 34.8. The highest BCUT2D eigenvalue weighted by atomic mass is 16.2. The zero-order valence-electron chi connectivity index (χ0n) is 9.53. The third kappa shape index (κ3) is 3.18. The van der Waals surface area contributed by atoms with Crippen LogP contribution in [0.3, 0.4) is 0 Å². The first-order chi connectivity index (χ1) is 7.54. The van der Waals surface area contributed by atoms with Gasteiger partial charge in [-0.15, -0.1) is 0 Å². The molecule has 0 radical (unpaired) electrons. The fourth-order valence-corrected chi connectivity index (χ4v) is 1.31. The summed E-state index contributed by atoms with van der Waals surface area (Å²) >= 11 is 0. The lowest BCUT2D eigenvalue weighted by molar-refractivity contribution is -0.137. The second-order valence-electron chi connectivity index (χ2n) is 3.79. The van der Waals surface area contributed by atoms with Crippen LogP contribution in [0.5, 0.6) is 0 Å². The van der Waals surface area contributed by atoms with E-state index in [9.17, 15) is 14.4 Å². The van der Waals surface area contributed by atoms with Crippen molar-refractivity contribution in [3.05, 3.63) is 12.2 Å². The van der Waals surface area contributed by atoms with Crippen LogP contribution in [0.4, 0.5) is 0 Å². The molecule has 1 aliphatic heterocycles. The predicted molar refractivity (Wildman–Crippen MR) is 58.4 cm³/mol. The van der Waals surface area contributed by atoms with E-state index in [2.05, 4.69) is 5.32 Å². The molecule has 1 aliphatic rings. The number of hydrogen-bond acceptors (Lipinski definition) is 3. The summed E-state index contributed by atoms with van der Waals surface area (Å²) in [6.45, 7) is 4.03. The van der Waals surface area contributed by atoms with Gasteiger partial charge in [0.25, 0.3) is 11.8 Å². The summed E-state index contributed by atoms with van der Waals surface area (Å²) in [5.74, 6) is -0.829. The van der Waals surface area contributed by atoms with E-state index < -0.39 is 0 Å².